The van der Waals surface area contributed by atoms with E-state index in [9.17, 15) is 23.9 Å². The van der Waals surface area contributed by atoms with Gasteiger partial charge in [0, 0.05) is 41.7 Å². The van der Waals surface area contributed by atoms with E-state index in [-0.39, 0.29) is 18.7 Å². The van der Waals surface area contributed by atoms with Gasteiger partial charge in [-0.25, -0.2) is 4.39 Å². The second kappa shape index (κ2) is 12.4. The lowest BCUT2D eigenvalue weighted by atomic mass is 10.0. The van der Waals surface area contributed by atoms with Gasteiger partial charge < -0.3 is 20.3 Å². The first-order valence-corrected chi connectivity index (χ1v) is 12.7. The Bertz CT molecular complexity index is 1430. The fourth-order valence-corrected chi connectivity index (χ4v) is 4.63. The van der Waals surface area contributed by atoms with Crippen LogP contribution < -0.4 is 10.6 Å². The number of carbonyl (C=O) groups is 3. The molecular weight excluding hydrogens is 505 g/mol. The van der Waals surface area contributed by atoms with Gasteiger partial charge in [0.1, 0.15) is 17.6 Å². The largest absolute Gasteiger partial charge is 0.481 e. The summed E-state index contributed by atoms with van der Waals surface area (Å²) in [4.78, 5) is 38.5. The molecule has 38 heavy (non-hydrogen) atoms. The molecule has 4 rings (SSSR count). The Labute approximate surface area is 225 Å². The monoisotopic (exact) mass is 533 g/mol. The molecule has 0 saturated carbocycles. The van der Waals surface area contributed by atoms with Crippen molar-refractivity contribution in [1.82, 2.24) is 15.2 Å². The van der Waals surface area contributed by atoms with Crippen LogP contribution in [0.2, 0.25) is 0 Å². The van der Waals surface area contributed by atoms with E-state index in [1.165, 1.54) is 12.1 Å². The minimum atomic E-state index is -1.06. The zero-order chi connectivity index (χ0) is 27.1. The lowest BCUT2D eigenvalue weighted by Gasteiger charge is -2.19. The summed E-state index contributed by atoms with van der Waals surface area (Å²) in [6.07, 6.45) is 6.71. The molecule has 0 spiro atoms. The van der Waals surface area contributed by atoms with E-state index < -0.39 is 23.8 Å². The number of aliphatic carboxylic acids is 1. The Hall–Kier alpha value is -4.11. The van der Waals surface area contributed by atoms with E-state index in [2.05, 4.69) is 10.6 Å². The van der Waals surface area contributed by atoms with Crippen LogP contribution in [-0.4, -0.2) is 44.9 Å². The fourth-order valence-electron chi connectivity index (χ4n) is 4.36. The highest BCUT2D eigenvalue weighted by Gasteiger charge is 2.25. The molecule has 0 radical (unpaired) electrons. The number of benzene rings is 2. The molecule has 3 aromatic rings. The molecule has 1 aromatic heterocycles. The smallest absolute Gasteiger partial charge is 0.303 e. The molecule has 0 saturated heterocycles. The molecule has 0 aliphatic heterocycles. The van der Waals surface area contributed by atoms with Crippen molar-refractivity contribution < 1.29 is 23.9 Å². The first-order chi connectivity index (χ1) is 18.3. The van der Waals surface area contributed by atoms with Gasteiger partial charge in [-0.3, -0.25) is 14.4 Å². The Balaban J connectivity index is 1.52. The van der Waals surface area contributed by atoms with Gasteiger partial charge >= 0.3 is 5.97 Å². The highest BCUT2D eigenvalue weighted by atomic mass is 32.1. The van der Waals surface area contributed by atoms with Crippen molar-refractivity contribution in [2.24, 2.45) is 0 Å². The van der Waals surface area contributed by atoms with Gasteiger partial charge in [-0.15, -0.1) is 0 Å². The van der Waals surface area contributed by atoms with Gasteiger partial charge in [-0.2, -0.15) is 0 Å². The predicted octanol–water partition coefficient (Wildman–Crippen LogP) is 4.55. The summed E-state index contributed by atoms with van der Waals surface area (Å²) in [5.74, 6) is -2.38. The van der Waals surface area contributed by atoms with Crippen LogP contribution in [0.25, 0.3) is 10.9 Å². The topological polar surface area (TPSA) is 100 Å². The molecular formula is C29H28FN3O4S. The predicted molar refractivity (Wildman–Crippen MR) is 148 cm³/mol. The number of nitrogens with one attached hydrogen (secondary N) is 2. The third kappa shape index (κ3) is 6.80. The molecule has 2 aromatic carbocycles. The summed E-state index contributed by atoms with van der Waals surface area (Å²) in [7, 11) is 0. The first kappa shape index (κ1) is 26.9. The van der Waals surface area contributed by atoms with Crippen LogP contribution in [0.4, 0.5) is 4.39 Å². The zero-order valence-electron chi connectivity index (χ0n) is 20.7. The molecule has 0 fully saturated rings. The molecule has 9 heteroatoms. The number of nitrogens with zero attached hydrogens (tertiary/aromatic N) is 1. The van der Waals surface area contributed by atoms with Gasteiger partial charge in [0.15, 0.2) is 0 Å². The lowest BCUT2D eigenvalue weighted by molar-refractivity contribution is -0.137. The molecule has 0 unspecified atom stereocenters. The summed E-state index contributed by atoms with van der Waals surface area (Å²) in [6.45, 7) is 0.620. The molecule has 0 bridgehead atoms. The zero-order valence-corrected chi connectivity index (χ0v) is 21.5. The van der Waals surface area contributed by atoms with Crippen LogP contribution in [0, 0.1) is 5.82 Å². The Kier molecular flexibility index (Phi) is 8.81. The summed E-state index contributed by atoms with van der Waals surface area (Å²) in [6, 6.07) is 14.2. The summed E-state index contributed by atoms with van der Waals surface area (Å²) in [5, 5.41) is 15.6. The second-order valence-electron chi connectivity index (χ2n) is 9.05. The number of carboxylic acid groups (broad SMARTS) is 1. The maximum atomic E-state index is 13.4. The average Bonchev–Trinajstić information content (AvgIpc) is 3.27. The van der Waals surface area contributed by atoms with E-state index >= 15 is 0 Å². The van der Waals surface area contributed by atoms with Crippen molar-refractivity contribution in [3.05, 3.63) is 95.5 Å². The number of carboxylic acids is 1. The van der Waals surface area contributed by atoms with Crippen molar-refractivity contribution in [1.29, 1.82) is 0 Å². The van der Waals surface area contributed by atoms with Crippen LogP contribution >= 0.6 is 12.2 Å². The minimum absolute atomic E-state index is 0.0606. The van der Waals surface area contributed by atoms with E-state index in [1.54, 1.807) is 22.8 Å². The molecule has 2 amide bonds. The summed E-state index contributed by atoms with van der Waals surface area (Å²) >= 11 is 5.36. The van der Waals surface area contributed by atoms with Gasteiger partial charge in [-0.05, 0) is 48.2 Å². The van der Waals surface area contributed by atoms with Gasteiger partial charge in [0.05, 0.1) is 0 Å². The van der Waals surface area contributed by atoms with Gasteiger partial charge in [-0.1, -0.05) is 60.8 Å². The molecule has 1 aliphatic rings. The number of thiocarbonyl (C=S) groups is 1. The van der Waals surface area contributed by atoms with Crippen molar-refractivity contribution in [3.8, 4) is 0 Å². The molecule has 196 valence electrons. The Morgan fingerprint density at radius 3 is 2.61 bits per heavy atom. The number of amides is 2. The molecule has 1 aliphatic carbocycles. The number of allylic oxidation sites excluding steroid dienone is 3. The molecule has 7 nitrogen and oxygen atoms in total. The quantitative estimate of drug-likeness (QED) is 0.314. The van der Waals surface area contributed by atoms with Crippen LogP contribution in [-0.2, 0) is 16.1 Å². The van der Waals surface area contributed by atoms with Crippen LogP contribution in [0.5, 0.6) is 0 Å². The van der Waals surface area contributed by atoms with Crippen LogP contribution in [0.1, 0.15) is 41.7 Å². The number of hydrogen-bond donors (Lipinski definition) is 3. The molecule has 1 heterocycles. The fraction of sp³-hybridized carbons (Fsp3) is 0.241. The average molecular weight is 534 g/mol. The van der Waals surface area contributed by atoms with Crippen molar-refractivity contribution >= 4 is 45.8 Å². The molecule has 1 atom stereocenters. The maximum absolute atomic E-state index is 13.4. The number of aromatic nitrogens is 1. The number of rotatable bonds is 11. The third-order valence-corrected chi connectivity index (χ3v) is 6.78. The lowest BCUT2D eigenvalue weighted by Crippen LogP contribution is -2.47. The number of halogens is 1. The van der Waals surface area contributed by atoms with E-state index in [0.29, 0.717) is 31.6 Å². The summed E-state index contributed by atoms with van der Waals surface area (Å²) in [5.41, 5.74) is 2.89. The maximum Gasteiger partial charge on any atom is 0.303 e. The Morgan fingerprint density at radius 2 is 1.87 bits per heavy atom. The molecule has 3 N–H and O–H groups in total. The van der Waals surface area contributed by atoms with Crippen molar-refractivity contribution in [2.75, 3.05) is 6.54 Å². The standard InChI is InChI=1S/C29H28FN3O4S/c30-22-11-9-19(10-12-22)18-33-24-7-3-1-6-21(24)17-25(33)29(37)32-23(13-14-27(34)35)28(36)31-16-15-20-5-2-4-8-26(20)38/h1-7,9-12,17,23H,8,13-16,18H2,(H,31,36)(H,32,37)(H,34,35)/t23-/m0/s1. The van der Waals surface area contributed by atoms with E-state index in [0.717, 1.165) is 26.9 Å². The number of carbonyl (C=O) groups excluding carboxylic acids is 2. The van der Waals surface area contributed by atoms with Crippen LogP contribution in [0.15, 0.2) is 78.4 Å². The number of hydrogen-bond acceptors (Lipinski definition) is 4. The van der Waals surface area contributed by atoms with Crippen molar-refractivity contribution in [2.45, 2.75) is 38.3 Å². The highest BCUT2D eigenvalue weighted by Crippen LogP contribution is 2.22. The highest BCUT2D eigenvalue weighted by molar-refractivity contribution is 7.80. The van der Waals surface area contributed by atoms with Gasteiger partial charge in [0.2, 0.25) is 5.91 Å². The third-order valence-electron chi connectivity index (χ3n) is 6.35. The van der Waals surface area contributed by atoms with Gasteiger partial charge in [0.25, 0.3) is 5.91 Å². The number of para-hydroxylation sites is 1. The Morgan fingerprint density at radius 1 is 1.11 bits per heavy atom. The SMILES string of the molecule is O=C(O)CC[C@H](NC(=O)c1cc2ccccc2n1Cc1ccc(F)cc1)C(=O)NCCC1=CC=CCC1=S. The van der Waals surface area contributed by atoms with Crippen molar-refractivity contribution in [3.63, 3.8) is 0 Å². The van der Waals surface area contributed by atoms with Crippen LogP contribution in [0.3, 0.4) is 0 Å². The van der Waals surface area contributed by atoms with E-state index in [1.807, 2.05) is 42.5 Å². The first-order valence-electron chi connectivity index (χ1n) is 12.3. The second-order valence-corrected chi connectivity index (χ2v) is 9.54. The number of fused-ring (bicyclic) bond motifs is 1. The summed E-state index contributed by atoms with van der Waals surface area (Å²) < 4.78 is 15.2. The minimum Gasteiger partial charge on any atom is -0.481 e. The normalized spacial score (nSPS) is 13.7. The van der Waals surface area contributed by atoms with E-state index in [4.69, 9.17) is 12.2 Å².